The van der Waals surface area contributed by atoms with Gasteiger partial charge in [-0.2, -0.15) is 0 Å². The molecule has 5 nitrogen and oxygen atoms in total. The van der Waals surface area contributed by atoms with Crippen LogP contribution in [-0.4, -0.2) is 30.4 Å². The van der Waals surface area contributed by atoms with Crippen LogP contribution >= 0.6 is 11.6 Å². The zero-order valence-electron chi connectivity index (χ0n) is 19.0. The third-order valence-corrected chi connectivity index (χ3v) is 5.58. The quantitative estimate of drug-likeness (QED) is 0.449. The Morgan fingerprint density at radius 2 is 1.58 bits per heavy atom. The van der Waals surface area contributed by atoms with E-state index in [9.17, 15) is 9.59 Å². The van der Waals surface area contributed by atoms with Crippen LogP contribution in [0.15, 0.2) is 78.9 Å². The molecule has 172 valence electrons. The van der Waals surface area contributed by atoms with Gasteiger partial charge in [0.25, 0.3) is 0 Å². The first-order chi connectivity index (χ1) is 16.0. The average Bonchev–Trinajstić information content (AvgIpc) is 2.84. The summed E-state index contributed by atoms with van der Waals surface area (Å²) in [7, 11) is 1.61. The third kappa shape index (κ3) is 6.83. The lowest BCUT2D eigenvalue weighted by molar-refractivity contribution is -0.141. The van der Waals surface area contributed by atoms with Crippen molar-refractivity contribution in [3.05, 3.63) is 101 Å². The molecule has 0 aliphatic carbocycles. The second-order valence-corrected chi connectivity index (χ2v) is 8.21. The molecule has 0 spiro atoms. The maximum absolute atomic E-state index is 13.6. The van der Waals surface area contributed by atoms with Gasteiger partial charge in [-0.1, -0.05) is 73.1 Å². The van der Waals surface area contributed by atoms with Gasteiger partial charge in [0.15, 0.2) is 0 Å². The Labute approximate surface area is 200 Å². The lowest BCUT2D eigenvalue weighted by Crippen LogP contribution is -2.44. The van der Waals surface area contributed by atoms with Crippen molar-refractivity contribution in [1.29, 1.82) is 0 Å². The molecule has 3 aromatic carbocycles. The molecule has 0 heterocycles. The van der Waals surface area contributed by atoms with E-state index in [4.69, 9.17) is 16.3 Å². The molecule has 2 amide bonds. The highest BCUT2D eigenvalue weighted by molar-refractivity contribution is 6.30. The van der Waals surface area contributed by atoms with Gasteiger partial charge in [-0.15, -0.1) is 0 Å². The summed E-state index contributed by atoms with van der Waals surface area (Å²) in [4.78, 5) is 28.5. The van der Waals surface area contributed by atoms with Crippen molar-refractivity contribution in [3.63, 3.8) is 0 Å². The van der Waals surface area contributed by atoms with Crippen LogP contribution in [0, 0.1) is 0 Å². The Morgan fingerprint density at radius 3 is 2.18 bits per heavy atom. The van der Waals surface area contributed by atoms with E-state index in [2.05, 4.69) is 5.32 Å². The molecule has 0 unspecified atom stereocenters. The van der Waals surface area contributed by atoms with Crippen LogP contribution < -0.4 is 10.1 Å². The summed E-state index contributed by atoms with van der Waals surface area (Å²) < 4.78 is 5.25. The molecule has 6 heteroatoms. The van der Waals surface area contributed by atoms with Crippen LogP contribution in [0.5, 0.6) is 5.75 Å². The number of carbonyl (C=O) groups is 2. The molecule has 3 rings (SSSR count). The minimum absolute atomic E-state index is 0.145. The van der Waals surface area contributed by atoms with Crippen LogP contribution in [0.2, 0.25) is 5.02 Å². The summed E-state index contributed by atoms with van der Waals surface area (Å²) >= 11 is 6.00. The maximum Gasteiger partial charge on any atom is 0.247 e. The molecular weight excluding hydrogens is 436 g/mol. The van der Waals surface area contributed by atoms with Crippen molar-refractivity contribution in [3.8, 4) is 5.75 Å². The topological polar surface area (TPSA) is 58.6 Å². The molecule has 0 aliphatic rings. The first kappa shape index (κ1) is 24.3. The molecule has 1 atom stereocenters. The van der Waals surface area contributed by atoms with Crippen LogP contribution in [0.3, 0.4) is 0 Å². The highest BCUT2D eigenvalue weighted by Gasteiger charge is 2.31. The number of benzene rings is 3. The van der Waals surface area contributed by atoms with E-state index in [-0.39, 0.29) is 24.8 Å². The number of rotatable bonds is 10. The summed E-state index contributed by atoms with van der Waals surface area (Å²) in [5, 5.41) is 3.58. The zero-order chi connectivity index (χ0) is 23.6. The van der Waals surface area contributed by atoms with Crippen LogP contribution in [0.4, 0.5) is 0 Å². The normalized spacial score (nSPS) is 11.5. The number of halogens is 1. The first-order valence-corrected chi connectivity index (χ1v) is 11.4. The number of nitrogens with zero attached hydrogens (tertiary/aromatic N) is 1. The number of nitrogens with one attached hydrogen (secondary N) is 1. The number of methoxy groups -OCH3 is 1. The standard InChI is InChI=1S/C27H29ClN2O3/c1-3-17-29-27(32)26(22-7-5-4-6-8-22)30(19-21-11-15-24(33-2)16-12-21)25(31)18-20-9-13-23(28)14-10-20/h4-16,26H,3,17-19H2,1-2H3,(H,29,32)/t26-/m1/s1. The van der Waals surface area contributed by atoms with Crippen molar-refractivity contribution < 1.29 is 14.3 Å². The molecule has 0 saturated heterocycles. The Kier molecular flexibility index (Phi) is 8.90. The Balaban J connectivity index is 1.97. The highest BCUT2D eigenvalue weighted by Crippen LogP contribution is 2.26. The smallest absolute Gasteiger partial charge is 0.247 e. The van der Waals surface area contributed by atoms with E-state index in [0.29, 0.717) is 11.6 Å². The van der Waals surface area contributed by atoms with Crippen molar-refractivity contribution in [2.45, 2.75) is 32.4 Å². The van der Waals surface area contributed by atoms with Gasteiger partial charge < -0.3 is 15.0 Å². The average molecular weight is 465 g/mol. The van der Waals surface area contributed by atoms with E-state index < -0.39 is 6.04 Å². The maximum atomic E-state index is 13.6. The summed E-state index contributed by atoms with van der Waals surface area (Å²) in [5.41, 5.74) is 2.51. The molecule has 0 bridgehead atoms. The van der Waals surface area contributed by atoms with E-state index in [0.717, 1.165) is 28.9 Å². The molecule has 3 aromatic rings. The summed E-state index contributed by atoms with van der Waals surface area (Å²) in [6.45, 7) is 2.83. The van der Waals surface area contributed by atoms with E-state index in [1.54, 1.807) is 24.1 Å². The summed E-state index contributed by atoms with van der Waals surface area (Å²) in [6, 6.07) is 23.4. The molecule has 1 N–H and O–H groups in total. The van der Waals surface area contributed by atoms with Gasteiger partial charge in [0.1, 0.15) is 11.8 Å². The Morgan fingerprint density at radius 1 is 0.939 bits per heavy atom. The lowest BCUT2D eigenvalue weighted by atomic mass is 10.0. The first-order valence-electron chi connectivity index (χ1n) is 11.0. The van der Waals surface area contributed by atoms with E-state index in [1.165, 1.54) is 0 Å². The predicted octanol–water partition coefficient (Wildman–Crippen LogP) is 5.19. The highest BCUT2D eigenvalue weighted by atomic mass is 35.5. The minimum atomic E-state index is -0.750. The Hall–Kier alpha value is -3.31. The lowest BCUT2D eigenvalue weighted by Gasteiger charge is -2.32. The van der Waals surface area contributed by atoms with Crippen molar-refractivity contribution in [2.75, 3.05) is 13.7 Å². The monoisotopic (exact) mass is 464 g/mol. The van der Waals surface area contributed by atoms with Gasteiger partial charge in [0, 0.05) is 18.1 Å². The zero-order valence-corrected chi connectivity index (χ0v) is 19.7. The molecule has 0 aliphatic heterocycles. The molecular formula is C27H29ClN2O3. The number of hydrogen-bond donors (Lipinski definition) is 1. The fraction of sp³-hybridized carbons (Fsp3) is 0.259. The number of ether oxygens (including phenoxy) is 1. The largest absolute Gasteiger partial charge is 0.497 e. The van der Waals surface area contributed by atoms with Crippen LogP contribution in [-0.2, 0) is 22.6 Å². The summed E-state index contributed by atoms with van der Waals surface area (Å²) in [6.07, 6.45) is 0.974. The number of hydrogen-bond acceptors (Lipinski definition) is 3. The van der Waals surface area contributed by atoms with Crippen molar-refractivity contribution in [1.82, 2.24) is 10.2 Å². The predicted molar refractivity (Wildman–Crippen MR) is 131 cm³/mol. The molecule has 0 aromatic heterocycles. The Bertz CT molecular complexity index is 1040. The fourth-order valence-electron chi connectivity index (χ4n) is 3.58. The van der Waals surface area contributed by atoms with Gasteiger partial charge in [0.05, 0.1) is 13.5 Å². The molecule has 33 heavy (non-hydrogen) atoms. The SMILES string of the molecule is CCCNC(=O)[C@@H](c1ccccc1)N(Cc1ccc(OC)cc1)C(=O)Cc1ccc(Cl)cc1. The van der Waals surface area contributed by atoms with Crippen molar-refractivity contribution >= 4 is 23.4 Å². The van der Waals surface area contributed by atoms with Crippen molar-refractivity contribution in [2.24, 2.45) is 0 Å². The van der Waals surface area contributed by atoms with E-state index >= 15 is 0 Å². The van der Waals surface area contributed by atoms with Crippen LogP contribution in [0.25, 0.3) is 0 Å². The van der Waals surface area contributed by atoms with Gasteiger partial charge in [-0.3, -0.25) is 9.59 Å². The molecule has 0 fully saturated rings. The second kappa shape index (κ2) is 12.1. The summed E-state index contributed by atoms with van der Waals surface area (Å²) in [5.74, 6) is 0.396. The van der Waals surface area contributed by atoms with E-state index in [1.807, 2.05) is 73.7 Å². The number of carbonyl (C=O) groups excluding carboxylic acids is 2. The van der Waals surface area contributed by atoms with Gasteiger partial charge in [-0.05, 0) is 47.4 Å². The number of amides is 2. The van der Waals surface area contributed by atoms with Gasteiger partial charge in [-0.25, -0.2) is 0 Å². The fourth-order valence-corrected chi connectivity index (χ4v) is 3.71. The van der Waals surface area contributed by atoms with Gasteiger partial charge in [0.2, 0.25) is 11.8 Å². The van der Waals surface area contributed by atoms with Gasteiger partial charge >= 0.3 is 0 Å². The minimum Gasteiger partial charge on any atom is -0.497 e. The molecule has 0 radical (unpaired) electrons. The second-order valence-electron chi connectivity index (χ2n) is 7.78. The van der Waals surface area contributed by atoms with Crippen LogP contribution in [0.1, 0.15) is 36.1 Å². The third-order valence-electron chi connectivity index (χ3n) is 5.33. The molecule has 0 saturated carbocycles.